The minimum atomic E-state index is -4.75. The van der Waals surface area contributed by atoms with Crippen LogP contribution >= 0.6 is 0 Å². The molecule has 1 aromatic heterocycles. The van der Waals surface area contributed by atoms with Crippen molar-refractivity contribution >= 4 is 21.4 Å². The predicted octanol–water partition coefficient (Wildman–Crippen LogP) is 2.36. The molecule has 3 aromatic rings. The third-order valence-electron chi connectivity index (χ3n) is 3.74. The Kier molecular flexibility index (Phi) is 5.14. The number of tetrazole rings is 1. The van der Waals surface area contributed by atoms with Gasteiger partial charge in [-0.25, -0.2) is 12.8 Å². The molecule has 1 amide bonds. The minimum absolute atomic E-state index is 0.0127. The van der Waals surface area contributed by atoms with E-state index in [0.717, 1.165) is 35.0 Å². The van der Waals surface area contributed by atoms with Gasteiger partial charge in [-0.05, 0) is 59.8 Å². The largest absolute Gasteiger partial charge is 0.341 e. The molecule has 1 N–H and O–H groups in total. The summed E-state index contributed by atoms with van der Waals surface area (Å²) < 4.78 is 63.1. The second-order valence-electron chi connectivity index (χ2n) is 5.59. The van der Waals surface area contributed by atoms with Gasteiger partial charge in [0, 0.05) is 11.3 Å². The van der Waals surface area contributed by atoms with Crippen molar-refractivity contribution in [3.63, 3.8) is 0 Å². The van der Waals surface area contributed by atoms with Crippen LogP contribution in [0.15, 0.2) is 47.4 Å². The average Bonchev–Trinajstić information content (AvgIpc) is 3.09. The van der Waals surface area contributed by atoms with E-state index in [1.807, 2.05) is 0 Å². The van der Waals surface area contributed by atoms with E-state index < -0.39 is 32.2 Å². The highest BCUT2D eigenvalue weighted by Gasteiger charge is 2.26. The molecule has 2 aromatic carbocycles. The minimum Gasteiger partial charge on any atom is -0.322 e. The zero-order valence-electron chi connectivity index (χ0n) is 14.2. The Morgan fingerprint density at radius 3 is 2.39 bits per heavy atom. The molecule has 0 unspecified atom stereocenters. The van der Waals surface area contributed by atoms with Gasteiger partial charge >= 0.3 is 5.76 Å². The molecule has 0 aliphatic carbocycles. The molecule has 146 valence electrons. The topological polar surface area (TPSA) is 107 Å². The van der Waals surface area contributed by atoms with Gasteiger partial charge in [0.2, 0.25) is 9.84 Å². The number of alkyl halides is 2. The van der Waals surface area contributed by atoms with Crippen LogP contribution in [0.25, 0.3) is 5.69 Å². The lowest BCUT2D eigenvalue weighted by atomic mass is 10.2. The van der Waals surface area contributed by atoms with E-state index >= 15 is 0 Å². The molecule has 3 rings (SSSR count). The van der Waals surface area contributed by atoms with Crippen molar-refractivity contribution < 1.29 is 26.4 Å². The SMILES string of the molecule is Cc1nnnn1-c1cc(NC(=O)c2ccc(S(=O)(=O)C(F)F)cc2)ccc1F. The summed E-state index contributed by atoms with van der Waals surface area (Å²) in [7, 11) is -4.75. The molecule has 0 fully saturated rings. The molecule has 0 saturated carbocycles. The van der Waals surface area contributed by atoms with Crippen LogP contribution in [0.3, 0.4) is 0 Å². The molecule has 0 bridgehead atoms. The Labute approximate surface area is 156 Å². The molecule has 0 spiro atoms. The smallest absolute Gasteiger partial charge is 0.322 e. The van der Waals surface area contributed by atoms with E-state index in [2.05, 4.69) is 20.8 Å². The highest BCUT2D eigenvalue weighted by molar-refractivity contribution is 7.91. The monoisotopic (exact) mass is 411 g/mol. The van der Waals surface area contributed by atoms with Gasteiger partial charge in [0.1, 0.15) is 11.5 Å². The van der Waals surface area contributed by atoms with Crippen LogP contribution in [0.1, 0.15) is 16.2 Å². The fourth-order valence-corrected chi connectivity index (χ4v) is 3.03. The molecule has 0 aliphatic heterocycles. The van der Waals surface area contributed by atoms with Gasteiger partial charge in [-0.1, -0.05) is 0 Å². The fraction of sp³-hybridized carbons (Fsp3) is 0.125. The van der Waals surface area contributed by atoms with Crippen molar-refractivity contribution in [1.29, 1.82) is 0 Å². The normalized spacial score (nSPS) is 11.6. The molecular weight excluding hydrogens is 399 g/mol. The number of amides is 1. The fourth-order valence-electron chi connectivity index (χ4n) is 2.31. The number of sulfone groups is 1. The first-order valence-corrected chi connectivity index (χ1v) is 9.23. The lowest BCUT2D eigenvalue weighted by molar-refractivity contribution is 0.102. The first-order valence-electron chi connectivity index (χ1n) is 7.68. The van der Waals surface area contributed by atoms with E-state index in [1.54, 1.807) is 6.92 Å². The quantitative estimate of drug-likeness (QED) is 0.691. The van der Waals surface area contributed by atoms with Gasteiger partial charge in [-0.15, -0.1) is 5.10 Å². The molecule has 28 heavy (non-hydrogen) atoms. The number of nitrogens with zero attached hydrogens (tertiary/aromatic N) is 4. The van der Waals surface area contributed by atoms with Crippen molar-refractivity contribution in [2.75, 3.05) is 5.32 Å². The number of carbonyl (C=O) groups excluding carboxylic acids is 1. The Hall–Kier alpha value is -3.28. The molecular formula is C16H12F3N5O3S. The van der Waals surface area contributed by atoms with Crippen LogP contribution < -0.4 is 5.32 Å². The third kappa shape index (κ3) is 3.71. The molecule has 0 saturated heterocycles. The third-order valence-corrected chi connectivity index (χ3v) is 5.14. The number of carbonyl (C=O) groups is 1. The second-order valence-corrected chi connectivity index (χ2v) is 7.51. The van der Waals surface area contributed by atoms with Crippen molar-refractivity contribution in [3.8, 4) is 5.69 Å². The number of rotatable bonds is 5. The second kappa shape index (κ2) is 7.38. The van der Waals surface area contributed by atoms with Crippen LogP contribution in [0.5, 0.6) is 0 Å². The number of aryl methyl sites for hydroxylation is 1. The summed E-state index contributed by atoms with van der Waals surface area (Å²) in [4.78, 5) is 11.7. The summed E-state index contributed by atoms with van der Waals surface area (Å²) in [6, 6.07) is 7.76. The Morgan fingerprint density at radius 1 is 1.14 bits per heavy atom. The number of halogens is 3. The number of anilines is 1. The maximum absolute atomic E-state index is 14.0. The maximum Gasteiger partial charge on any atom is 0.341 e. The maximum atomic E-state index is 14.0. The van der Waals surface area contributed by atoms with Gasteiger partial charge in [0.25, 0.3) is 5.91 Å². The molecule has 0 atom stereocenters. The average molecular weight is 411 g/mol. The van der Waals surface area contributed by atoms with Crippen LogP contribution in [0.2, 0.25) is 0 Å². The summed E-state index contributed by atoms with van der Waals surface area (Å²) in [5, 5.41) is 13.2. The summed E-state index contributed by atoms with van der Waals surface area (Å²) in [5.74, 6) is -4.49. The standard InChI is InChI=1S/C16H12F3N5O3S/c1-9-21-22-23-24(9)14-8-11(4-7-13(14)17)20-15(25)10-2-5-12(6-3-10)28(26,27)16(18)19/h2-8,16H,1H3,(H,20,25). The van der Waals surface area contributed by atoms with Gasteiger partial charge in [0.15, 0.2) is 5.82 Å². The van der Waals surface area contributed by atoms with Gasteiger partial charge < -0.3 is 5.32 Å². The number of hydrogen-bond acceptors (Lipinski definition) is 6. The van der Waals surface area contributed by atoms with Gasteiger partial charge in [-0.3, -0.25) is 4.79 Å². The van der Waals surface area contributed by atoms with E-state index in [1.165, 1.54) is 12.1 Å². The van der Waals surface area contributed by atoms with E-state index in [9.17, 15) is 26.4 Å². The number of aromatic nitrogens is 4. The van der Waals surface area contributed by atoms with E-state index in [4.69, 9.17) is 0 Å². The van der Waals surface area contributed by atoms with Crippen molar-refractivity contribution in [2.45, 2.75) is 17.6 Å². The lowest BCUT2D eigenvalue weighted by Crippen LogP contribution is -2.14. The first kappa shape index (κ1) is 19.5. The Bertz CT molecular complexity index is 1130. The van der Waals surface area contributed by atoms with Crippen LogP contribution in [-0.4, -0.2) is 40.3 Å². The summed E-state index contributed by atoms with van der Waals surface area (Å²) in [5.41, 5.74) is 0.261. The molecule has 12 heteroatoms. The highest BCUT2D eigenvalue weighted by atomic mass is 32.2. The Morgan fingerprint density at radius 2 is 1.82 bits per heavy atom. The summed E-state index contributed by atoms with van der Waals surface area (Å²) >= 11 is 0. The number of nitrogens with one attached hydrogen (secondary N) is 1. The zero-order chi connectivity index (χ0) is 20.5. The molecule has 0 radical (unpaired) electrons. The van der Waals surface area contributed by atoms with Crippen molar-refractivity contribution in [2.24, 2.45) is 0 Å². The van der Waals surface area contributed by atoms with Crippen LogP contribution in [0.4, 0.5) is 18.9 Å². The number of benzene rings is 2. The van der Waals surface area contributed by atoms with Crippen molar-refractivity contribution in [3.05, 3.63) is 59.7 Å². The molecule has 1 heterocycles. The van der Waals surface area contributed by atoms with Gasteiger partial charge in [-0.2, -0.15) is 13.5 Å². The predicted molar refractivity (Wildman–Crippen MR) is 91.4 cm³/mol. The zero-order valence-corrected chi connectivity index (χ0v) is 15.0. The summed E-state index contributed by atoms with van der Waals surface area (Å²) in [6.45, 7) is 1.57. The van der Waals surface area contributed by atoms with Gasteiger partial charge in [0.05, 0.1) is 4.90 Å². The van der Waals surface area contributed by atoms with Crippen LogP contribution in [-0.2, 0) is 9.84 Å². The van der Waals surface area contributed by atoms with E-state index in [-0.39, 0.29) is 16.9 Å². The Balaban J connectivity index is 1.83. The number of hydrogen-bond donors (Lipinski definition) is 1. The van der Waals surface area contributed by atoms with E-state index in [0.29, 0.717) is 5.82 Å². The van der Waals surface area contributed by atoms with Crippen molar-refractivity contribution in [1.82, 2.24) is 20.2 Å². The lowest BCUT2D eigenvalue weighted by Gasteiger charge is -2.09. The first-order chi connectivity index (χ1) is 13.2. The molecule has 8 nitrogen and oxygen atoms in total. The highest BCUT2D eigenvalue weighted by Crippen LogP contribution is 2.21. The summed E-state index contributed by atoms with van der Waals surface area (Å²) in [6.07, 6.45) is 0. The van der Waals surface area contributed by atoms with Crippen LogP contribution in [0, 0.1) is 12.7 Å². The molecule has 0 aliphatic rings.